The number of anilines is 1. The Morgan fingerprint density at radius 2 is 1.89 bits per heavy atom. The van der Waals surface area contributed by atoms with Crippen LogP contribution >= 0.6 is 0 Å². The molecule has 0 saturated heterocycles. The van der Waals surface area contributed by atoms with Crippen LogP contribution in [0.2, 0.25) is 0 Å². The summed E-state index contributed by atoms with van der Waals surface area (Å²) < 4.78 is 42.5. The summed E-state index contributed by atoms with van der Waals surface area (Å²) in [4.78, 5) is 22.1. The molecule has 28 heavy (non-hydrogen) atoms. The maximum absolute atomic E-state index is 13.2. The zero-order valence-corrected chi connectivity index (χ0v) is 15.5. The Hall–Kier alpha value is -3.34. The first-order chi connectivity index (χ1) is 13.3. The van der Waals surface area contributed by atoms with Gasteiger partial charge < -0.3 is 14.2 Å². The molecule has 0 aliphatic carbocycles. The summed E-state index contributed by atoms with van der Waals surface area (Å²) in [6, 6.07) is 9.01. The molecule has 0 amide bonds. The molecule has 0 N–H and O–H groups in total. The number of benzene rings is 2. The van der Waals surface area contributed by atoms with Crippen molar-refractivity contribution in [3.8, 4) is 11.5 Å². The molecule has 2 aromatic rings. The van der Waals surface area contributed by atoms with E-state index in [1.54, 1.807) is 0 Å². The van der Waals surface area contributed by atoms with Gasteiger partial charge in [-0.3, -0.25) is 19.2 Å². The number of rotatable bonds is 6. The fourth-order valence-electron chi connectivity index (χ4n) is 2.57. The van der Waals surface area contributed by atoms with Crippen molar-refractivity contribution in [1.82, 2.24) is 0 Å². The Morgan fingerprint density at radius 1 is 1.18 bits per heavy atom. The van der Waals surface area contributed by atoms with Crippen molar-refractivity contribution < 1.29 is 32.3 Å². The Morgan fingerprint density at radius 3 is 2.57 bits per heavy atom. The molecular formula is C17H16N2O8S. The van der Waals surface area contributed by atoms with Crippen molar-refractivity contribution in [2.75, 3.05) is 31.2 Å². The molecule has 0 aromatic heterocycles. The monoisotopic (exact) mass is 408 g/mol. The average molecular weight is 408 g/mol. The minimum absolute atomic E-state index is 0.0468. The lowest BCUT2D eigenvalue weighted by Gasteiger charge is -2.24. The number of esters is 1. The van der Waals surface area contributed by atoms with Gasteiger partial charge in [-0.25, -0.2) is 8.42 Å². The molecule has 2 aromatic carbocycles. The second kappa shape index (κ2) is 7.72. The Kier molecular flexibility index (Phi) is 5.36. The summed E-state index contributed by atoms with van der Waals surface area (Å²) in [6.45, 7) is -0.0387. The first kappa shape index (κ1) is 19.4. The second-order valence-electron chi connectivity index (χ2n) is 5.67. The molecule has 1 aliphatic heterocycles. The Balaban J connectivity index is 2.07. The van der Waals surface area contributed by atoms with Crippen LogP contribution in [0.25, 0.3) is 0 Å². The molecule has 10 nitrogen and oxygen atoms in total. The van der Waals surface area contributed by atoms with E-state index in [0.717, 1.165) is 17.5 Å². The summed E-state index contributed by atoms with van der Waals surface area (Å²) in [7, 11) is -3.15. The van der Waals surface area contributed by atoms with Gasteiger partial charge in [0.2, 0.25) is 0 Å². The van der Waals surface area contributed by atoms with Crippen molar-refractivity contribution in [3.63, 3.8) is 0 Å². The number of non-ortho nitro benzene ring substituents is 1. The number of nitrogens with zero attached hydrogens (tertiary/aromatic N) is 2. The lowest BCUT2D eigenvalue weighted by Crippen LogP contribution is -2.36. The number of methoxy groups -OCH3 is 1. The number of hydrogen-bond donors (Lipinski definition) is 0. The Labute approximate surface area is 160 Å². The third kappa shape index (κ3) is 3.83. The number of sulfonamides is 1. The molecule has 148 valence electrons. The van der Waals surface area contributed by atoms with Crippen LogP contribution in [-0.2, 0) is 19.6 Å². The molecule has 0 fully saturated rings. The number of fused-ring (bicyclic) bond motifs is 1. The van der Waals surface area contributed by atoms with E-state index in [1.807, 2.05) is 0 Å². The first-order valence-corrected chi connectivity index (χ1v) is 9.50. The molecule has 0 unspecified atom stereocenters. The van der Waals surface area contributed by atoms with Crippen molar-refractivity contribution in [2.45, 2.75) is 4.90 Å². The van der Waals surface area contributed by atoms with E-state index in [0.29, 0.717) is 12.4 Å². The number of carbonyl (C=O) groups is 1. The number of nitro groups is 1. The predicted octanol–water partition coefficient (Wildman–Crippen LogP) is 1.73. The van der Waals surface area contributed by atoms with Gasteiger partial charge in [0.05, 0.1) is 22.6 Å². The van der Waals surface area contributed by atoms with Gasteiger partial charge in [-0.05, 0) is 18.2 Å². The van der Waals surface area contributed by atoms with Crippen LogP contribution in [0.5, 0.6) is 11.5 Å². The van der Waals surface area contributed by atoms with E-state index >= 15 is 0 Å². The fourth-order valence-corrected chi connectivity index (χ4v) is 3.99. The lowest BCUT2D eigenvalue weighted by molar-refractivity contribution is -0.384. The molecule has 3 rings (SSSR count). The van der Waals surface area contributed by atoms with Gasteiger partial charge in [0.15, 0.2) is 11.5 Å². The van der Waals surface area contributed by atoms with Crippen LogP contribution in [0.15, 0.2) is 47.4 Å². The summed E-state index contributed by atoms with van der Waals surface area (Å²) in [6.07, 6.45) is 0. The standard InChI is InChI=1S/C17H16N2O8S/c1-25-17(20)11-18(12-3-2-4-13(9-12)19(21)22)28(23,24)14-5-6-15-16(10-14)27-8-7-26-15/h2-6,9-10H,7-8,11H2,1H3. The largest absolute Gasteiger partial charge is 0.486 e. The van der Waals surface area contributed by atoms with E-state index in [-0.39, 0.29) is 28.6 Å². The quantitative estimate of drug-likeness (QED) is 0.402. The second-order valence-corrected chi connectivity index (χ2v) is 7.53. The first-order valence-electron chi connectivity index (χ1n) is 8.06. The highest BCUT2D eigenvalue weighted by Gasteiger charge is 2.30. The molecule has 0 saturated carbocycles. The lowest BCUT2D eigenvalue weighted by atomic mass is 10.3. The smallest absolute Gasteiger partial charge is 0.326 e. The zero-order valence-electron chi connectivity index (χ0n) is 14.7. The van der Waals surface area contributed by atoms with E-state index in [2.05, 4.69) is 4.74 Å². The topological polar surface area (TPSA) is 125 Å². The highest BCUT2D eigenvalue weighted by molar-refractivity contribution is 7.92. The van der Waals surface area contributed by atoms with Gasteiger partial charge in [-0.2, -0.15) is 0 Å². The highest BCUT2D eigenvalue weighted by atomic mass is 32.2. The number of ether oxygens (including phenoxy) is 3. The average Bonchev–Trinajstić information content (AvgIpc) is 2.71. The zero-order chi connectivity index (χ0) is 20.3. The normalized spacial score (nSPS) is 12.9. The van der Waals surface area contributed by atoms with Gasteiger partial charge >= 0.3 is 5.97 Å². The number of nitro benzene ring substituents is 1. The molecule has 0 radical (unpaired) electrons. The maximum Gasteiger partial charge on any atom is 0.326 e. The predicted molar refractivity (Wildman–Crippen MR) is 97.1 cm³/mol. The van der Waals surface area contributed by atoms with Gasteiger partial charge in [0, 0.05) is 18.2 Å². The van der Waals surface area contributed by atoms with Gasteiger partial charge in [0.1, 0.15) is 19.8 Å². The van der Waals surface area contributed by atoms with Crippen LogP contribution in [0, 0.1) is 10.1 Å². The highest BCUT2D eigenvalue weighted by Crippen LogP contribution is 2.34. The van der Waals surface area contributed by atoms with Crippen molar-refractivity contribution in [2.24, 2.45) is 0 Å². The van der Waals surface area contributed by atoms with Crippen LogP contribution in [0.3, 0.4) is 0 Å². The summed E-state index contributed by atoms with van der Waals surface area (Å²) in [5, 5.41) is 11.0. The molecule has 0 bridgehead atoms. The molecule has 11 heteroatoms. The van der Waals surface area contributed by atoms with Gasteiger partial charge in [-0.15, -0.1) is 0 Å². The summed E-state index contributed by atoms with van der Waals surface area (Å²) in [5.74, 6) is -0.169. The van der Waals surface area contributed by atoms with Crippen LogP contribution < -0.4 is 13.8 Å². The SMILES string of the molecule is COC(=O)CN(c1cccc([N+](=O)[O-])c1)S(=O)(=O)c1ccc2c(c1)OCCO2. The Bertz CT molecular complexity index is 1020. The number of hydrogen-bond acceptors (Lipinski definition) is 8. The third-order valence-electron chi connectivity index (χ3n) is 3.93. The maximum atomic E-state index is 13.2. The summed E-state index contributed by atoms with van der Waals surface area (Å²) in [5.41, 5.74) is -0.362. The molecule has 1 aliphatic rings. The van der Waals surface area contributed by atoms with Crippen molar-refractivity contribution in [3.05, 3.63) is 52.6 Å². The van der Waals surface area contributed by atoms with Crippen molar-refractivity contribution >= 4 is 27.4 Å². The van der Waals surface area contributed by atoms with E-state index < -0.39 is 27.5 Å². The van der Waals surface area contributed by atoms with E-state index in [4.69, 9.17) is 9.47 Å². The summed E-state index contributed by atoms with van der Waals surface area (Å²) >= 11 is 0. The van der Waals surface area contributed by atoms with E-state index in [1.165, 1.54) is 36.4 Å². The molecule has 0 spiro atoms. The van der Waals surface area contributed by atoms with Crippen molar-refractivity contribution in [1.29, 1.82) is 0 Å². The van der Waals surface area contributed by atoms with Gasteiger partial charge in [0.25, 0.3) is 15.7 Å². The number of carbonyl (C=O) groups excluding carboxylic acids is 1. The molecule has 1 heterocycles. The minimum Gasteiger partial charge on any atom is -0.486 e. The van der Waals surface area contributed by atoms with Crippen LogP contribution in [0.4, 0.5) is 11.4 Å². The molecular weight excluding hydrogens is 392 g/mol. The minimum atomic E-state index is -4.26. The van der Waals surface area contributed by atoms with E-state index in [9.17, 15) is 23.3 Å². The van der Waals surface area contributed by atoms with Crippen LogP contribution in [0.1, 0.15) is 0 Å². The molecule has 0 atom stereocenters. The van der Waals surface area contributed by atoms with Gasteiger partial charge in [-0.1, -0.05) is 6.07 Å². The third-order valence-corrected chi connectivity index (χ3v) is 5.70. The van der Waals surface area contributed by atoms with Crippen LogP contribution in [-0.4, -0.2) is 46.2 Å². The fraction of sp³-hybridized carbons (Fsp3) is 0.235.